The standard InChI is InChI=1S/C12H14BrN3/c1-8-4-5-11(6-9(8)2)16-7-12(10(3)13)14-15-16/h4-7,10H,1-3H3. The van der Waals surface area contributed by atoms with Gasteiger partial charge >= 0.3 is 0 Å². The van der Waals surface area contributed by atoms with Crippen molar-refractivity contribution in [1.82, 2.24) is 15.0 Å². The Balaban J connectivity index is 2.39. The van der Waals surface area contributed by atoms with Crippen molar-refractivity contribution in [1.29, 1.82) is 0 Å². The van der Waals surface area contributed by atoms with Crippen molar-refractivity contribution >= 4 is 15.9 Å². The predicted molar refractivity (Wildman–Crippen MR) is 68.2 cm³/mol. The Bertz CT molecular complexity index is 503. The summed E-state index contributed by atoms with van der Waals surface area (Å²) in [6, 6.07) is 6.27. The monoisotopic (exact) mass is 279 g/mol. The van der Waals surface area contributed by atoms with Crippen molar-refractivity contribution in [2.24, 2.45) is 0 Å². The highest BCUT2D eigenvalue weighted by atomic mass is 79.9. The first-order chi connectivity index (χ1) is 7.58. The molecule has 1 atom stereocenters. The Labute approximate surface area is 104 Å². The number of benzene rings is 1. The molecule has 0 saturated heterocycles. The fourth-order valence-corrected chi connectivity index (χ4v) is 1.66. The summed E-state index contributed by atoms with van der Waals surface area (Å²) in [7, 11) is 0. The number of rotatable bonds is 2. The summed E-state index contributed by atoms with van der Waals surface area (Å²) in [5.74, 6) is 0. The molecule has 0 spiro atoms. The van der Waals surface area contributed by atoms with Gasteiger partial charge in [-0.25, -0.2) is 4.68 Å². The maximum absolute atomic E-state index is 4.12. The molecule has 84 valence electrons. The van der Waals surface area contributed by atoms with E-state index in [9.17, 15) is 0 Å². The highest BCUT2D eigenvalue weighted by molar-refractivity contribution is 9.09. The zero-order chi connectivity index (χ0) is 11.7. The summed E-state index contributed by atoms with van der Waals surface area (Å²) in [5, 5.41) is 8.23. The highest BCUT2D eigenvalue weighted by Gasteiger charge is 2.07. The van der Waals surface area contributed by atoms with Gasteiger partial charge in [-0.05, 0) is 44.0 Å². The van der Waals surface area contributed by atoms with E-state index in [0.717, 1.165) is 11.4 Å². The van der Waals surface area contributed by atoms with E-state index in [1.165, 1.54) is 11.1 Å². The fraction of sp³-hybridized carbons (Fsp3) is 0.333. The molecular formula is C12H14BrN3. The summed E-state index contributed by atoms with van der Waals surface area (Å²) in [4.78, 5) is 0.229. The van der Waals surface area contributed by atoms with Gasteiger partial charge in [-0.1, -0.05) is 27.2 Å². The first-order valence-corrected chi connectivity index (χ1v) is 6.13. The van der Waals surface area contributed by atoms with Crippen molar-refractivity contribution in [2.45, 2.75) is 25.6 Å². The molecular weight excluding hydrogens is 266 g/mol. The molecule has 0 fully saturated rings. The number of nitrogens with zero attached hydrogens (tertiary/aromatic N) is 3. The zero-order valence-electron chi connectivity index (χ0n) is 9.61. The second-order valence-corrected chi connectivity index (χ2v) is 5.35. The normalized spacial score (nSPS) is 12.8. The number of hydrogen-bond donors (Lipinski definition) is 0. The second-order valence-electron chi connectivity index (χ2n) is 3.97. The fourth-order valence-electron chi connectivity index (χ4n) is 1.45. The van der Waals surface area contributed by atoms with Crippen molar-refractivity contribution in [3.05, 3.63) is 41.2 Å². The van der Waals surface area contributed by atoms with E-state index >= 15 is 0 Å². The number of aromatic nitrogens is 3. The number of alkyl halides is 1. The van der Waals surface area contributed by atoms with E-state index in [-0.39, 0.29) is 4.83 Å². The van der Waals surface area contributed by atoms with E-state index < -0.39 is 0 Å². The summed E-state index contributed by atoms with van der Waals surface area (Å²) in [6.07, 6.45) is 1.95. The Kier molecular flexibility index (Phi) is 3.10. The topological polar surface area (TPSA) is 30.7 Å². The van der Waals surface area contributed by atoms with Crippen LogP contribution in [0.1, 0.15) is 28.6 Å². The Morgan fingerprint density at radius 1 is 1.25 bits per heavy atom. The maximum Gasteiger partial charge on any atom is 0.0965 e. The molecule has 0 radical (unpaired) electrons. The smallest absolute Gasteiger partial charge is 0.0965 e. The number of halogens is 1. The molecule has 1 aromatic heterocycles. The molecule has 1 unspecified atom stereocenters. The Morgan fingerprint density at radius 2 is 2.00 bits per heavy atom. The molecule has 0 aliphatic heterocycles. The van der Waals surface area contributed by atoms with Crippen LogP contribution in [0, 0.1) is 13.8 Å². The molecule has 0 amide bonds. The molecule has 0 N–H and O–H groups in total. The summed E-state index contributed by atoms with van der Waals surface area (Å²) in [6.45, 7) is 6.24. The van der Waals surface area contributed by atoms with Crippen LogP contribution in [0.5, 0.6) is 0 Å². The van der Waals surface area contributed by atoms with Crippen LogP contribution in [0.3, 0.4) is 0 Å². The van der Waals surface area contributed by atoms with Crippen LogP contribution in [0.25, 0.3) is 5.69 Å². The van der Waals surface area contributed by atoms with Crippen LogP contribution < -0.4 is 0 Å². The minimum atomic E-state index is 0.229. The van der Waals surface area contributed by atoms with Crippen molar-refractivity contribution < 1.29 is 0 Å². The SMILES string of the molecule is Cc1ccc(-n2cc(C(C)Br)nn2)cc1C. The molecule has 3 nitrogen and oxygen atoms in total. The Morgan fingerprint density at radius 3 is 2.56 bits per heavy atom. The Hall–Kier alpha value is -1.16. The lowest BCUT2D eigenvalue weighted by Crippen LogP contribution is -1.96. The maximum atomic E-state index is 4.12. The molecule has 1 aromatic carbocycles. The van der Waals surface area contributed by atoms with Gasteiger partial charge < -0.3 is 0 Å². The minimum absolute atomic E-state index is 0.229. The van der Waals surface area contributed by atoms with E-state index in [1.807, 2.05) is 13.1 Å². The van der Waals surface area contributed by atoms with Crippen LogP contribution in [-0.4, -0.2) is 15.0 Å². The zero-order valence-corrected chi connectivity index (χ0v) is 11.2. The van der Waals surface area contributed by atoms with Gasteiger partial charge in [-0.15, -0.1) is 5.10 Å². The first-order valence-electron chi connectivity index (χ1n) is 5.22. The van der Waals surface area contributed by atoms with Gasteiger partial charge in [0.2, 0.25) is 0 Å². The van der Waals surface area contributed by atoms with Crippen molar-refractivity contribution in [3.63, 3.8) is 0 Å². The quantitative estimate of drug-likeness (QED) is 0.790. The van der Waals surface area contributed by atoms with E-state index in [4.69, 9.17) is 0 Å². The summed E-state index contributed by atoms with van der Waals surface area (Å²) < 4.78 is 1.81. The van der Waals surface area contributed by atoms with Crippen LogP contribution >= 0.6 is 15.9 Å². The van der Waals surface area contributed by atoms with Gasteiger partial charge in [0.1, 0.15) is 0 Å². The lowest BCUT2D eigenvalue weighted by Gasteiger charge is -2.04. The third-order valence-electron chi connectivity index (χ3n) is 2.67. The van der Waals surface area contributed by atoms with Crippen molar-refractivity contribution in [2.75, 3.05) is 0 Å². The molecule has 16 heavy (non-hydrogen) atoms. The molecule has 1 heterocycles. The van der Waals surface area contributed by atoms with Crippen LogP contribution in [-0.2, 0) is 0 Å². The third-order valence-corrected chi connectivity index (χ3v) is 3.14. The molecule has 0 saturated carbocycles. The highest BCUT2D eigenvalue weighted by Crippen LogP contribution is 2.20. The summed E-state index contributed by atoms with van der Waals surface area (Å²) >= 11 is 3.48. The molecule has 0 aliphatic carbocycles. The molecule has 4 heteroatoms. The largest absolute Gasteiger partial charge is 0.220 e. The lowest BCUT2D eigenvalue weighted by molar-refractivity contribution is 0.796. The first kappa shape index (κ1) is 11.3. The predicted octanol–water partition coefficient (Wildman–Crippen LogP) is 3.34. The van der Waals surface area contributed by atoms with Crippen LogP contribution in [0.2, 0.25) is 0 Å². The molecule has 0 bridgehead atoms. The van der Waals surface area contributed by atoms with Gasteiger partial charge in [0, 0.05) is 0 Å². The number of hydrogen-bond acceptors (Lipinski definition) is 2. The van der Waals surface area contributed by atoms with Gasteiger partial charge in [-0.2, -0.15) is 0 Å². The van der Waals surface area contributed by atoms with Crippen molar-refractivity contribution in [3.8, 4) is 5.69 Å². The van der Waals surface area contributed by atoms with Crippen LogP contribution in [0.15, 0.2) is 24.4 Å². The lowest BCUT2D eigenvalue weighted by atomic mass is 10.1. The average Bonchev–Trinajstić information content (AvgIpc) is 2.71. The van der Waals surface area contributed by atoms with Crippen LogP contribution in [0.4, 0.5) is 0 Å². The van der Waals surface area contributed by atoms with Gasteiger partial charge in [0.25, 0.3) is 0 Å². The molecule has 2 aromatic rings. The summed E-state index contributed by atoms with van der Waals surface area (Å²) in [5.41, 5.74) is 4.55. The van der Waals surface area contributed by atoms with E-state index in [2.05, 4.69) is 58.3 Å². The second kappa shape index (κ2) is 4.37. The van der Waals surface area contributed by atoms with Gasteiger partial charge in [0.05, 0.1) is 22.4 Å². The van der Waals surface area contributed by atoms with Gasteiger partial charge in [-0.3, -0.25) is 0 Å². The van der Waals surface area contributed by atoms with E-state index in [0.29, 0.717) is 0 Å². The average molecular weight is 280 g/mol. The van der Waals surface area contributed by atoms with E-state index in [1.54, 1.807) is 4.68 Å². The minimum Gasteiger partial charge on any atom is -0.220 e. The number of aryl methyl sites for hydroxylation is 2. The molecule has 2 rings (SSSR count). The van der Waals surface area contributed by atoms with Gasteiger partial charge in [0.15, 0.2) is 0 Å². The third kappa shape index (κ3) is 2.16. The molecule has 0 aliphatic rings.